The van der Waals surface area contributed by atoms with Crippen LogP contribution in [0.15, 0.2) is 18.2 Å². The van der Waals surface area contributed by atoms with Gasteiger partial charge in [0.25, 0.3) is 0 Å². The van der Waals surface area contributed by atoms with Crippen LogP contribution in [0.25, 0.3) is 0 Å². The van der Waals surface area contributed by atoms with E-state index in [1.165, 1.54) is 37.7 Å². The maximum Gasteiger partial charge on any atom is 0.238 e. The molecule has 1 N–H and O–H groups in total. The van der Waals surface area contributed by atoms with Crippen molar-refractivity contribution in [2.24, 2.45) is 11.8 Å². The quantitative estimate of drug-likeness (QED) is 0.787. The van der Waals surface area contributed by atoms with Crippen molar-refractivity contribution in [2.75, 3.05) is 57.7 Å². The second kappa shape index (κ2) is 10.1. The first kappa shape index (κ1) is 22.3. The first-order valence-electron chi connectivity index (χ1n) is 12.1. The van der Waals surface area contributed by atoms with Gasteiger partial charge in [0.1, 0.15) is 0 Å². The molecule has 3 aliphatic rings. The number of hydrogen-bond acceptors (Lipinski definition) is 4. The van der Waals surface area contributed by atoms with Crippen LogP contribution in [0.1, 0.15) is 43.2 Å². The van der Waals surface area contributed by atoms with Crippen molar-refractivity contribution < 1.29 is 9.59 Å². The highest BCUT2D eigenvalue weighted by molar-refractivity contribution is 5.93. The molecular weight excluding hydrogens is 388 g/mol. The van der Waals surface area contributed by atoms with Crippen LogP contribution in [0.3, 0.4) is 0 Å². The zero-order valence-corrected chi connectivity index (χ0v) is 19.2. The lowest BCUT2D eigenvalue weighted by atomic mass is 9.75. The fourth-order valence-corrected chi connectivity index (χ4v) is 5.50. The topological polar surface area (TPSA) is 55.9 Å². The molecule has 2 aliphatic heterocycles. The minimum absolute atomic E-state index is 0.0357. The summed E-state index contributed by atoms with van der Waals surface area (Å²) in [6, 6.07) is 5.99. The number of nitrogens with zero attached hydrogens (tertiary/aromatic N) is 3. The van der Waals surface area contributed by atoms with Crippen LogP contribution >= 0.6 is 0 Å². The van der Waals surface area contributed by atoms with E-state index in [0.717, 1.165) is 62.4 Å². The van der Waals surface area contributed by atoms with E-state index in [9.17, 15) is 9.59 Å². The Labute approximate surface area is 187 Å². The highest BCUT2D eigenvalue weighted by atomic mass is 16.2. The first-order chi connectivity index (χ1) is 15.0. The van der Waals surface area contributed by atoms with E-state index in [2.05, 4.69) is 33.0 Å². The van der Waals surface area contributed by atoms with Crippen LogP contribution in [-0.4, -0.2) is 78.9 Å². The van der Waals surface area contributed by atoms with Crippen LogP contribution in [0.4, 0.5) is 5.69 Å². The Bertz CT molecular complexity index is 788. The molecule has 170 valence electrons. The predicted molar refractivity (Wildman–Crippen MR) is 124 cm³/mol. The molecule has 3 fully saturated rings. The average Bonchev–Trinajstić information content (AvgIpc) is 2.78. The standard InChI is InChI=1S/C25H38N4O2/c1-19-6-5-9-23(20(19)2)26-24(30)17-27-12-14-28(15-13-27)18-25(31)29-11-10-21-7-3-4-8-22(21)16-29/h5-6,9,21-22H,3-4,7-8,10-18H2,1-2H3,(H,26,30)/t21-,22+/m0/s1. The molecule has 1 saturated carbocycles. The van der Waals surface area contributed by atoms with E-state index in [0.29, 0.717) is 19.0 Å². The summed E-state index contributed by atoms with van der Waals surface area (Å²) in [5.41, 5.74) is 3.20. The van der Waals surface area contributed by atoms with Crippen LogP contribution in [0, 0.1) is 25.7 Å². The van der Waals surface area contributed by atoms with Crippen LogP contribution in [0.2, 0.25) is 0 Å². The Kier molecular flexibility index (Phi) is 7.28. The van der Waals surface area contributed by atoms with E-state index < -0.39 is 0 Å². The van der Waals surface area contributed by atoms with Crippen molar-refractivity contribution in [3.63, 3.8) is 0 Å². The van der Waals surface area contributed by atoms with Gasteiger partial charge in [0.05, 0.1) is 13.1 Å². The van der Waals surface area contributed by atoms with Gasteiger partial charge < -0.3 is 10.2 Å². The van der Waals surface area contributed by atoms with Crippen LogP contribution < -0.4 is 5.32 Å². The maximum absolute atomic E-state index is 12.9. The molecule has 0 unspecified atom stereocenters. The van der Waals surface area contributed by atoms with Gasteiger partial charge >= 0.3 is 0 Å². The lowest BCUT2D eigenvalue weighted by Gasteiger charge is -2.42. The molecule has 1 aliphatic carbocycles. The number of rotatable bonds is 5. The zero-order chi connectivity index (χ0) is 21.8. The number of amides is 2. The zero-order valence-electron chi connectivity index (χ0n) is 19.2. The van der Waals surface area contributed by atoms with Gasteiger partial charge in [0.2, 0.25) is 11.8 Å². The van der Waals surface area contributed by atoms with E-state index >= 15 is 0 Å². The molecule has 0 aromatic heterocycles. The maximum atomic E-state index is 12.9. The number of aryl methyl sites for hydroxylation is 1. The number of piperazine rings is 1. The number of carbonyl (C=O) groups is 2. The van der Waals surface area contributed by atoms with Crippen molar-refractivity contribution in [2.45, 2.75) is 46.0 Å². The Hall–Kier alpha value is -1.92. The molecule has 0 radical (unpaired) electrons. The highest BCUT2D eigenvalue weighted by Gasteiger charge is 2.33. The number of hydrogen-bond donors (Lipinski definition) is 1. The molecule has 0 bridgehead atoms. The van der Waals surface area contributed by atoms with Gasteiger partial charge in [0.15, 0.2) is 0 Å². The molecule has 4 rings (SSSR count). The SMILES string of the molecule is Cc1cccc(NC(=O)CN2CCN(CC(=O)N3CC[C@@H]4CCCC[C@@H]4C3)CC2)c1C. The van der Waals surface area contributed by atoms with Crippen molar-refractivity contribution >= 4 is 17.5 Å². The summed E-state index contributed by atoms with van der Waals surface area (Å²) in [4.78, 5) is 31.9. The molecule has 6 nitrogen and oxygen atoms in total. The number of likely N-dealkylation sites (tertiary alicyclic amines) is 1. The molecular formula is C25H38N4O2. The molecule has 31 heavy (non-hydrogen) atoms. The monoisotopic (exact) mass is 426 g/mol. The number of nitrogens with one attached hydrogen (secondary N) is 1. The van der Waals surface area contributed by atoms with Gasteiger partial charge in [0, 0.05) is 45.0 Å². The smallest absolute Gasteiger partial charge is 0.238 e. The molecule has 2 atom stereocenters. The Morgan fingerprint density at radius 1 is 0.903 bits per heavy atom. The first-order valence-corrected chi connectivity index (χ1v) is 12.1. The highest BCUT2D eigenvalue weighted by Crippen LogP contribution is 2.36. The Morgan fingerprint density at radius 3 is 2.32 bits per heavy atom. The molecule has 2 saturated heterocycles. The minimum Gasteiger partial charge on any atom is -0.341 e. The van der Waals surface area contributed by atoms with E-state index in [-0.39, 0.29) is 5.91 Å². The van der Waals surface area contributed by atoms with E-state index in [1.807, 2.05) is 19.1 Å². The van der Waals surface area contributed by atoms with Gasteiger partial charge in [-0.25, -0.2) is 0 Å². The normalized spacial score (nSPS) is 25.2. The molecule has 6 heteroatoms. The van der Waals surface area contributed by atoms with Gasteiger partial charge in [-0.1, -0.05) is 31.4 Å². The molecule has 2 amide bonds. The average molecular weight is 427 g/mol. The van der Waals surface area contributed by atoms with Crippen LogP contribution in [-0.2, 0) is 9.59 Å². The summed E-state index contributed by atoms with van der Waals surface area (Å²) in [7, 11) is 0. The third-order valence-corrected chi connectivity index (χ3v) is 7.71. The van der Waals surface area contributed by atoms with Crippen molar-refractivity contribution in [3.05, 3.63) is 29.3 Å². The molecule has 1 aromatic rings. The molecule has 0 spiro atoms. The Morgan fingerprint density at radius 2 is 1.58 bits per heavy atom. The second-order valence-electron chi connectivity index (χ2n) is 9.78. The largest absolute Gasteiger partial charge is 0.341 e. The third-order valence-electron chi connectivity index (χ3n) is 7.71. The van der Waals surface area contributed by atoms with E-state index in [1.54, 1.807) is 0 Å². The van der Waals surface area contributed by atoms with Crippen LogP contribution in [0.5, 0.6) is 0 Å². The fourth-order valence-electron chi connectivity index (χ4n) is 5.50. The summed E-state index contributed by atoms with van der Waals surface area (Å²) >= 11 is 0. The van der Waals surface area contributed by atoms with Crippen molar-refractivity contribution in [3.8, 4) is 0 Å². The summed E-state index contributed by atoms with van der Waals surface area (Å²) < 4.78 is 0. The van der Waals surface area contributed by atoms with Gasteiger partial charge in [-0.3, -0.25) is 19.4 Å². The minimum atomic E-state index is 0.0357. The summed E-state index contributed by atoms with van der Waals surface area (Å²) in [6.45, 7) is 10.3. The number of anilines is 1. The fraction of sp³-hybridized carbons (Fsp3) is 0.680. The number of fused-ring (bicyclic) bond motifs is 1. The molecule has 1 aromatic carbocycles. The van der Waals surface area contributed by atoms with E-state index in [4.69, 9.17) is 0 Å². The van der Waals surface area contributed by atoms with Crippen molar-refractivity contribution in [1.82, 2.24) is 14.7 Å². The number of carbonyl (C=O) groups excluding carboxylic acids is 2. The molecule has 2 heterocycles. The lowest BCUT2D eigenvalue weighted by molar-refractivity contribution is -0.136. The number of benzene rings is 1. The Balaban J connectivity index is 1.18. The number of piperidine rings is 1. The summed E-state index contributed by atoms with van der Waals surface area (Å²) in [5.74, 6) is 1.92. The van der Waals surface area contributed by atoms with Gasteiger partial charge in [-0.05, 0) is 55.7 Å². The summed E-state index contributed by atoms with van der Waals surface area (Å²) in [5, 5.41) is 3.05. The third kappa shape index (κ3) is 5.66. The summed E-state index contributed by atoms with van der Waals surface area (Å²) in [6.07, 6.45) is 6.58. The second-order valence-corrected chi connectivity index (χ2v) is 9.78. The lowest BCUT2D eigenvalue weighted by Crippen LogP contribution is -2.53. The van der Waals surface area contributed by atoms with Crippen molar-refractivity contribution in [1.29, 1.82) is 0 Å². The van der Waals surface area contributed by atoms with Gasteiger partial charge in [-0.2, -0.15) is 0 Å². The van der Waals surface area contributed by atoms with Gasteiger partial charge in [-0.15, -0.1) is 0 Å². The predicted octanol–water partition coefficient (Wildman–Crippen LogP) is 2.90.